The number of halogens is 1. The number of rotatable bonds is 9. The number of nitrogens with zero attached hydrogens (tertiary/aromatic N) is 2. The van der Waals surface area contributed by atoms with Crippen LogP contribution < -0.4 is 16.0 Å². The van der Waals surface area contributed by atoms with Gasteiger partial charge in [-0.1, -0.05) is 6.07 Å². The summed E-state index contributed by atoms with van der Waals surface area (Å²) in [4.78, 5) is 67.0. The number of aromatic nitrogens is 1. The molecular formula is C24H24IN5O6. The van der Waals surface area contributed by atoms with Crippen molar-refractivity contribution in [2.75, 3.05) is 31.6 Å². The Bertz CT molecular complexity index is 1250. The van der Waals surface area contributed by atoms with Crippen molar-refractivity contribution in [1.29, 1.82) is 0 Å². The van der Waals surface area contributed by atoms with Gasteiger partial charge in [0.15, 0.2) is 0 Å². The Labute approximate surface area is 220 Å². The van der Waals surface area contributed by atoms with Crippen molar-refractivity contribution in [3.63, 3.8) is 0 Å². The van der Waals surface area contributed by atoms with E-state index in [-0.39, 0.29) is 36.5 Å². The summed E-state index contributed by atoms with van der Waals surface area (Å²) in [6, 6.07) is 5.69. The fourth-order valence-electron chi connectivity index (χ4n) is 4.04. The third kappa shape index (κ3) is 5.23. The molecule has 1 atom stereocenters. The molecule has 11 nitrogen and oxygen atoms in total. The van der Waals surface area contributed by atoms with E-state index in [1.54, 1.807) is 18.3 Å². The normalized spacial score (nSPS) is 17.2. The van der Waals surface area contributed by atoms with Crippen LogP contribution in [-0.4, -0.2) is 71.8 Å². The van der Waals surface area contributed by atoms with Crippen LogP contribution in [-0.2, 0) is 14.3 Å². The average molecular weight is 605 g/mol. The second-order valence-corrected chi connectivity index (χ2v) is 9.34. The first-order valence-electron chi connectivity index (χ1n) is 11.3. The van der Waals surface area contributed by atoms with Crippen molar-refractivity contribution in [2.24, 2.45) is 0 Å². The van der Waals surface area contributed by atoms with Crippen molar-refractivity contribution in [3.8, 4) is 0 Å². The molecule has 1 aromatic heterocycles. The Morgan fingerprint density at radius 2 is 1.94 bits per heavy atom. The minimum atomic E-state index is -1.01. The van der Waals surface area contributed by atoms with Gasteiger partial charge in [-0.3, -0.25) is 34.2 Å². The number of carbonyl (C=O) groups is 5. The minimum Gasteiger partial charge on any atom is -0.382 e. The summed E-state index contributed by atoms with van der Waals surface area (Å²) in [7, 11) is 0. The van der Waals surface area contributed by atoms with Crippen molar-refractivity contribution < 1.29 is 28.7 Å². The maximum atomic E-state index is 13.1. The first-order chi connectivity index (χ1) is 17.3. The van der Waals surface area contributed by atoms with Crippen molar-refractivity contribution in [2.45, 2.75) is 25.8 Å². The molecule has 12 heteroatoms. The molecule has 2 aliphatic rings. The predicted molar refractivity (Wildman–Crippen MR) is 136 cm³/mol. The first kappa shape index (κ1) is 25.7. The maximum Gasteiger partial charge on any atom is 0.271 e. The van der Waals surface area contributed by atoms with Crippen LogP contribution in [0.1, 0.15) is 49.6 Å². The number of anilines is 1. The summed E-state index contributed by atoms with van der Waals surface area (Å²) in [6.45, 7) is 3.14. The molecule has 3 heterocycles. The van der Waals surface area contributed by atoms with Gasteiger partial charge in [0.05, 0.1) is 24.3 Å². The molecule has 0 spiro atoms. The molecule has 2 aromatic rings. The summed E-state index contributed by atoms with van der Waals surface area (Å²) in [5.41, 5.74) is 2.21. The lowest BCUT2D eigenvalue weighted by Gasteiger charge is -2.27. The largest absolute Gasteiger partial charge is 0.382 e. The predicted octanol–water partition coefficient (Wildman–Crippen LogP) is 1.25. The van der Waals surface area contributed by atoms with Gasteiger partial charge in [0.2, 0.25) is 11.8 Å². The lowest BCUT2D eigenvalue weighted by atomic mass is 10.0. The van der Waals surface area contributed by atoms with Crippen molar-refractivity contribution >= 4 is 57.8 Å². The van der Waals surface area contributed by atoms with E-state index >= 15 is 0 Å². The van der Waals surface area contributed by atoms with E-state index in [9.17, 15) is 24.0 Å². The number of carbonyl (C=O) groups excluding carboxylic acids is 5. The van der Waals surface area contributed by atoms with E-state index in [1.807, 2.05) is 13.0 Å². The number of hydrogen-bond acceptors (Lipinski definition) is 8. The molecule has 4 rings (SSSR count). The van der Waals surface area contributed by atoms with E-state index in [1.165, 1.54) is 6.07 Å². The number of fused-ring (bicyclic) bond motifs is 1. The van der Waals surface area contributed by atoms with Gasteiger partial charge in [0, 0.05) is 35.0 Å². The zero-order valence-corrected chi connectivity index (χ0v) is 21.6. The summed E-state index contributed by atoms with van der Waals surface area (Å²) < 4.78 is 6.36. The number of ether oxygens (including phenoxy) is 1. The number of hydrogen-bond donors (Lipinski definition) is 3. The molecule has 0 radical (unpaired) electrons. The highest BCUT2D eigenvalue weighted by atomic mass is 127. The van der Waals surface area contributed by atoms with E-state index < -0.39 is 29.7 Å². The minimum absolute atomic E-state index is 0.0629. The average Bonchev–Trinajstić information content (AvgIpc) is 3.10. The monoisotopic (exact) mass is 605 g/mol. The van der Waals surface area contributed by atoms with E-state index in [0.29, 0.717) is 31.1 Å². The molecule has 1 saturated heterocycles. The number of nitrogens with one attached hydrogen (secondary N) is 3. The third-order valence-electron chi connectivity index (χ3n) is 5.86. The molecule has 36 heavy (non-hydrogen) atoms. The van der Waals surface area contributed by atoms with Crippen LogP contribution in [0.25, 0.3) is 0 Å². The van der Waals surface area contributed by atoms with E-state index in [0.717, 1.165) is 14.0 Å². The van der Waals surface area contributed by atoms with Gasteiger partial charge in [-0.15, -0.1) is 0 Å². The van der Waals surface area contributed by atoms with Gasteiger partial charge >= 0.3 is 0 Å². The highest BCUT2D eigenvalue weighted by Crippen LogP contribution is 2.32. The van der Waals surface area contributed by atoms with Gasteiger partial charge in [-0.25, -0.2) is 4.98 Å². The van der Waals surface area contributed by atoms with Crippen LogP contribution in [0.3, 0.4) is 0 Å². The number of benzene rings is 1. The van der Waals surface area contributed by atoms with Crippen LogP contribution >= 0.6 is 22.6 Å². The number of pyridine rings is 1. The van der Waals surface area contributed by atoms with Gasteiger partial charge in [-0.05, 0) is 59.7 Å². The third-order valence-corrected chi connectivity index (χ3v) is 7.22. The van der Waals surface area contributed by atoms with Crippen LogP contribution in [0, 0.1) is 10.5 Å². The summed E-state index contributed by atoms with van der Waals surface area (Å²) >= 11 is 2.09. The molecule has 5 amide bonds. The maximum absolute atomic E-state index is 13.1. The molecular weight excluding hydrogens is 581 g/mol. The molecule has 3 N–H and O–H groups in total. The Kier molecular flexibility index (Phi) is 7.94. The quantitative estimate of drug-likeness (QED) is 0.220. The Hall–Kier alpha value is -3.39. The highest BCUT2D eigenvalue weighted by molar-refractivity contribution is 14.1. The van der Waals surface area contributed by atoms with Crippen LogP contribution in [0.15, 0.2) is 30.5 Å². The lowest BCUT2D eigenvalue weighted by Crippen LogP contribution is -2.54. The Balaban J connectivity index is 1.27. The lowest BCUT2D eigenvalue weighted by molar-refractivity contribution is -0.136. The molecule has 1 unspecified atom stereocenters. The summed E-state index contributed by atoms with van der Waals surface area (Å²) in [6.07, 6.45) is 1.76. The number of aryl methyl sites for hydroxylation is 1. The Morgan fingerprint density at radius 3 is 2.72 bits per heavy atom. The molecule has 188 valence electrons. The van der Waals surface area contributed by atoms with Crippen LogP contribution in [0.4, 0.5) is 5.69 Å². The van der Waals surface area contributed by atoms with Gasteiger partial charge < -0.3 is 15.4 Å². The Morgan fingerprint density at radius 1 is 1.17 bits per heavy atom. The smallest absolute Gasteiger partial charge is 0.271 e. The van der Waals surface area contributed by atoms with Crippen molar-refractivity contribution in [3.05, 3.63) is 56.4 Å². The topological polar surface area (TPSA) is 147 Å². The number of piperidine rings is 1. The zero-order chi connectivity index (χ0) is 25.8. The molecule has 1 fully saturated rings. The molecule has 1 aromatic carbocycles. The first-order valence-corrected chi connectivity index (χ1v) is 12.4. The second-order valence-electron chi connectivity index (χ2n) is 8.26. The van der Waals surface area contributed by atoms with Gasteiger partial charge in [-0.2, -0.15) is 0 Å². The highest BCUT2D eigenvalue weighted by Gasteiger charge is 2.45. The number of amides is 5. The van der Waals surface area contributed by atoms with Gasteiger partial charge in [0.25, 0.3) is 17.7 Å². The summed E-state index contributed by atoms with van der Waals surface area (Å²) in [5.74, 6) is -2.47. The van der Waals surface area contributed by atoms with Crippen molar-refractivity contribution in [1.82, 2.24) is 20.5 Å². The summed E-state index contributed by atoms with van der Waals surface area (Å²) in [5, 5.41) is 8.05. The van der Waals surface area contributed by atoms with Gasteiger partial charge in [0.1, 0.15) is 11.7 Å². The molecule has 0 aliphatic carbocycles. The van der Waals surface area contributed by atoms with E-state index in [2.05, 4.69) is 43.5 Å². The fraction of sp³-hybridized carbons (Fsp3) is 0.333. The van der Waals surface area contributed by atoms with Crippen LogP contribution in [0.2, 0.25) is 0 Å². The second kappa shape index (κ2) is 11.1. The van der Waals surface area contributed by atoms with E-state index in [4.69, 9.17) is 4.74 Å². The standard InChI is InChI=1S/C24H24IN5O6/c1-13-7-8-27-20(19(13)25)22(33)28-10-12-36-11-9-26-15-4-2-3-14-18(15)24(35)30(23(14)34)16-5-6-17(31)29-21(16)32/h2-4,7-8,16,26H,5-6,9-12H2,1H3,(H,28,33)(H,29,31,32). The molecule has 2 aliphatic heterocycles. The number of imide groups is 2. The fourth-order valence-corrected chi connectivity index (χ4v) is 4.61. The SMILES string of the molecule is Cc1ccnc(C(=O)NCCOCCNc2cccc3c2C(=O)N(C2CCC(=O)NC2=O)C3=O)c1I. The molecule has 0 bridgehead atoms. The molecule has 0 saturated carbocycles. The zero-order valence-electron chi connectivity index (χ0n) is 19.4. The van der Waals surface area contributed by atoms with Crippen LogP contribution in [0.5, 0.6) is 0 Å².